The molecule has 1 aromatic heterocycles. The normalized spacial score (nSPS) is 16.8. The SMILES string of the molecule is NC(c1ccc(Br)c(Br)c1)c1noc(C2CC2)n1. The third kappa shape index (κ3) is 2.37. The van der Waals surface area contributed by atoms with E-state index in [0.29, 0.717) is 11.7 Å². The first-order valence-corrected chi connectivity index (χ1v) is 7.28. The van der Waals surface area contributed by atoms with Crippen molar-refractivity contribution in [1.82, 2.24) is 10.1 Å². The molecular weight excluding hydrogens is 362 g/mol. The number of rotatable bonds is 3. The molecule has 0 saturated heterocycles. The first kappa shape index (κ1) is 12.3. The van der Waals surface area contributed by atoms with Crippen LogP contribution in [-0.4, -0.2) is 10.1 Å². The second kappa shape index (κ2) is 4.75. The number of halogens is 2. The minimum atomic E-state index is -0.356. The van der Waals surface area contributed by atoms with Crippen LogP contribution in [0.25, 0.3) is 0 Å². The Morgan fingerprint density at radius 3 is 2.72 bits per heavy atom. The van der Waals surface area contributed by atoms with Crippen molar-refractivity contribution in [2.45, 2.75) is 24.8 Å². The third-order valence-corrected chi connectivity index (χ3v) is 4.84. The fourth-order valence-corrected chi connectivity index (χ4v) is 2.37. The molecular formula is C12H11Br2N3O. The molecule has 18 heavy (non-hydrogen) atoms. The Balaban J connectivity index is 1.87. The molecule has 1 aromatic carbocycles. The summed E-state index contributed by atoms with van der Waals surface area (Å²) in [5.74, 6) is 1.72. The molecule has 1 aliphatic rings. The first-order chi connectivity index (χ1) is 8.65. The van der Waals surface area contributed by atoms with Crippen molar-refractivity contribution < 1.29 is 4.52 Å². The molecule has 0 spiro atoms. The van der Waals surface area contributed by atoms with Crippen molar-refractivity contribution in [3.05, 3.63) is 44.4 Å². The summed E-state index contributed by atoms with van der Waals surface area (Å²) in [6.07, 6.45) is 2.28. The van der Waals surface area contributed by atoms with E-state index in [-0.39, 0.29) is 6.04 Å². The summed E-state index contributed by atoms with van der Waals surface area (Å²) in [5, 5.41) is 3.97. The van der Waals surface area contributed by atoms with Gasteiger partial charge < -0.3 is 10.3 Å². The van der Waals surface area contributed by atoms with Crippen LogP contribution >= 0.6 is 31.9 Å². The fourth-order valence-electron chi connectivity index (χ4n) is 1.72. The highest BCUT2D eigenvalue weighted by atomic mass is 79.9. The molecule has 1 fully saturated rings. The fraction of sp³-hybridized carbons (Fsp3) is 0.333. The predicted molar refractivity (Wildman–Crippen MR) is 74.1 cm³/mol. The van der Waals surface area contributed by atoms with Crippen LogP contribution in [-0.2, 0) is 0 Å². The Morgan fingerprint density at radius 2 is 2.06 bits per heavy atom. The molecule has 2 aromatic rings. The highest BCUT2D eigenvalue weighted by molar-refractivity contribution is 9.13. The minimum absolute atomic E-state index is 0.356. The van der Waals surface area contributed by atoms with Gasteiger partial charge in [-0.1, -0.05) is 11.2 Å². The van der Waals surface area contributed by atoms with E-state index in [0.717, 1.165) is 33.2 Å². The zero-order chi connectivity index (χ0) is 12.7. The van der Waals surface area contributed by atoms with Crippen LogP contribution in [0.2, 0.25) is 0 Å². The Morgan fingerprint density at radius 1 is 1.28 bits per heavy atom. The standard InChI is InChI=1S/C12H11Br2N3O/c13-8-4-3-7(5-9(8)14)10(15)11-16-12(18-17-11)6-1-2-6/h3-6,10H,1-2,15H2. The Hall–Kier alpha value is -0.720. The summed E-state index contributed by atoms with van der Waals surface area (Å²) in [7, 11) is 0. The van der Waals surface area contributed by atoms with E-state index in [9.17, 15) is 0 Å². The first-order valence-electron chi connectivity index (χ1n) is 5.69. The highest BCUT2D eigenvalue weighted by Crippen LogP contribution is 2.39. The molecule has 0 amide bonds. The number of nitrogens with two attached hydrogens (primary N) is 1. The van der Waals surface area contributed by atoms with E-state index in [2.05, 4.69) is 42.0 Å². The largest absolute Gasteiger partial charge is 0.339 e. The monoisotopic (exact) mass is 371 g/mol. The lowest BCUT2D eigenvalue weighted by molar-refractivity contribution is 0.372. The number of hydrogen-bond donors (Lipinski definition) is 1. The van der Waals surface area contributed by atoms with Crippen LogP contribution in [0.1, 0.15) is 42.1 Å². The van der Waals surface area contributed by atoms with Crippen LogP contribution in [0.5, 0.6) is 0 Å². The van der Waals surface area contributed by atoms with Gasteiger partial charge in [0.1, 0.15) is 0 Å². The summed E-state index contributed by atoms with van der Waals surface area (Å²) in [6, 6.07) is 5.50. The Labute approximate surface area is 121 Å². The topological polar surface area (TPSA) is 64.9 Å². The zero-order valence-corrected chi connectivity index (χ0v) is 12.6. The quantitative estimate of drug-likeness (QED) is 0.895. The van der Waals surface area contributed by atoms with Gasteiger partial charge in [-0.25, -0.2) is 0 Å². The zero-order valence-electron chi connectivity index (χ0n) is 9.44. The lowest BCUT2D eigenvalue weighted by atomic mass is 10.1. The Bertz CT molecular complexity index is 580. The maximum atomic E-state index is 6.15. The van der Waals surface area contributed by atoms with E-state index in [1.807, 2.05) is 18.2 Å². The van der Waals surface area contributed by atoms with E-state index >= 15 is 0 Å². The predicted octanol–water partition coefficient (Wildman–Crippen LogP) is 3.52. The van der Waals surface area contributed by atoms with Crippen molar-refractivity contribution in [2.75, 3.05) is 0 Å². The van der Waals surface area contributed by atoms with Crippen molar-refractivity contribution in [2.24, 2.45) is 5.73 Å². The molecule has 1 unspecified atom stereocenters. The van der Waals surface area contributed by atoms with Crippen LogP contribution < -0.4 is 5.73 Å². The number of nitrogens with zero attached hydrogens (tertiary/aromatic N) is 2. The van der Waals surface area contributed by atoms with E-state index < -0.39 is 0 Å². The summed E-state index contributed by atoms with van der Waals surface area (Å²) in [6.45, 7) is 0. The molecule has 1 aliphatic carbocycles. The molecule has 2 N–H and O–H groups in total. The van der Waals surface area contributed by atoms with Gasteiger partial charge >= 0.3 is 0 Å². The van der Waals surface area contributed by atoms with Gasteiger partial charge in [0, 0.05) is 14.9 Å². The Kier molecular flexibility index (Phi) is 3.25. The van der Waals surface area contributed by atoms with E-state index in [1.54, 1.807) is 0 Å². The smallest absolute Gasteiger partial charge is 0.229 e. The molecule has 6 heteroatoms. The summed E-state index contributed by atoms with van der Waals surface area (Å²) < 4.78 is 7.17. The minimum Gasteiger partial charge on any atom is -0.339 e. The van der Waals surface area contributed by atoms with Gasteiger partial charge in [0.05, 0.1) is 6.04 Å². The van der Waals surface area contributed by atoms with Gasteiger partial charge in [0.2, 0.25) is 5.89 Å². The van der Waals surface area contributed by atoms with Gasteiger partial charge in [-0.05, 0) is 62.4 Å². The average molecular weight is 373 g/mol. The van der Waals surface area contributed by atoms with Crippen LogP contribution in [0.4, 0.5) is 0 Å². The number of benzene rings is 1. The van der Waals surface area contributed by atoms with Crippen molar-refractivity contribution in [3.8, 4) is 0 Å². The lowest BCUT2D eigenvalue weighted by Crippen LogP contribution is -2.13. The molecule has 0 bridgehead atoms. The van der Waals surface area contributed by atoms with Gasteiger partial charge in [-0.15, -0.1) is 0 Å². The molecule has 94 valence electrons. The average Bonchev–Trinajstić information content (AvgIpc) is 3.10. The second-order valence-corrected chi connectivity index (χ2v) is 6.12. The lowest BCUT2D eigenvalue weighted by Gasteiger charge is -2.08. The number of hydrogen-bond acceptors (Lipinski definition) is 4. The third-order valence-electron chi connectivity index (χ3n) is 2.96. The van der Waals surface area contributed by atoms with Crippen molar-refractivity contribution >= 4 is 31.9 Å². The summed E-state index contributed by atoms with van der Waals surface area (Å²) in [4.78, 5) is 4.37. The van der Waals surface area contributed by atoms with Crippen LogP contribution in [0.3, 0.4) is 0 Å². The molecule has 1 atom stereocenters. The van der Waals surface area contributed by atoms with Crippen LogP contribution in [0, 0.1) is 0 Å². The van der Waals surface area contributed by atoms with Gasteiger partial charge in [0.25, 0.3) is 0 Å². The molecule has 3 rings (SSSR count). The van der Waals surface area contributed by atoms with Gasteiger partial charge in [0.15, 0.2) is 5.82 Å². The van der Waals surface area contributed by atoms with Crippen LogP contribution in [0.15, 0.2) is 31.7 Å². The molecule has 1 saturated carbocycles. The highest BCUT2D eigenvalue weighted by Gasteiger charge is 2.30. The maximum absolute atomic E-state index is 6.15. The molecule has 0 radical (unpaired) electrons. The van der Waals surface area contributed by atoms with Crippen molar-refractivity contribution in [3.63, 3.8) is 0 Å². The number of aromatic nitrogens is 2. The van der Waals surface area contributed by atoms with Crippen molar-refractivity contribution in [1.29, 1.82) is 0 Å². The summed E-state index contributed by atoms with van der Waals surface area (Å²) >= 11 is 6.89. The van der Waals surface area contributed by atoms with E-state index in [1.165, 1.54) is 0 Å². The van der Waals surface area contributed by atoms with Gasteiger partial charge in [-0.3, -0.25) is 0 Å². The summed E-state index contributed by atoms with van der Waals surface area (Å²) in [5.41, 5.74) is 7.10. The molecule has 1 heterocycles. The van der Waals surface area contributed by atoms with Gasteiger partial charge in [-0.2, -0.15) is 4.98 Å². The molecule has 0 aliphatic heterocycles. The van der Waals surface area contributed by atoms with E-state index in [4.69, 9.17) is 10.3 Å². The maximum Gasteiger partial charge on any atom is 0.229 e. The molecule has 4 nitrogen and oxygen atoms in total. The second-order valence-electron chi connectivity index (χ2n) is 4.42.